The fourth-order valence-electron chi connectivity index (χ4n) is 3.31. The highest BCUT2D eigenvalue weighted by Crippen LogP contribution is 2.36. The SMILES string of the molecule is CC=CCCOCc1ccc(C2CCC(/C=C/C)CC2)cc1. The van der Waals surface area contributed by atoms with Crippen LogP contribution in [0.15, 0.2) is 48.6 Å². The van der Waals surface area contributed by atoms with Gasteiger partial charge in [0, 0.05) is 0 Å². The molecule has 1 aromatic rings. The topological polar surface area (TPSA) is 9.23 Å². The second-order valence-corrected chi connectivity index (χ2v) is 6.29. The fourth-order valence-corrected chi connectivity index (χ4v) is 3.31. The van der Waals surface area contributed by atoms with Crippen LogP contribution in [-0.4, -0.2) is 6.61 Å². The monoisotopic (exact) mass is 298 g/mol. The van der Waals surface area contributed by atoms with E-state index in [1.165, 1.54) is 36.8 Å². The molecule has 0 heterocycles. The minimum absolute atomic E-state index is 0.728. The standard InChI is InChI=1S/C21H30O/c1-3-5-6-16-22-17-19-10-14-21(15-11-19)20-12-8-18(7-4-2)9-13-20/h3-5,7,10-11,14-15,18,20H,6,8-9,12-13,16-17H2,1-2H3/b5-3?,7-4+. The molecule has 0 bridgehead atoms. The van der Waals surface area contributed by atoms with Crippen molar-refractivity contribution in [2.45, 2.75) is 58.5 Å². The van der Waals surface area contributed by atoms with Gasteiger partial charge in [-0.2, -0.15) is 0 Å². The van der Waals surface area contributed by atoms with E-state index in [9.17, 15) is 0 Å². The summed E-state index contributed by atoms with van der Waals surface area (Å²) in [5.41, 5.74) is 2.79. The van der Waals surface area contributed by atoms with Crippen LogP contribution in [-0.2, 0) is 11.3 Å². The van der Waals surface area contributed by atoms with Gasteiger partial charge in [0.1, 0.15) is 0 Å². The maximum atomic E-state index is 5.69. The van der Waals surface area contributed by atoms with E-state index in [0.717, 1.165) is 31.5 Å². The van der Waals surface area contributed by atoms with Crippen molar-refractivity contribution in [2.75, 3.05) is 6.61 Å². The maximum Gasteiger partial charge on any atom is 0.0717 e. The fraction of sp³-hybridized carbons (Fsp3) is 0.524. The zero-order chi connectivity index (χ0) is 15.6. The highest BCUT2D eigenvalue weighted by Gasteiger charge is 2.20. The molecule has 1 nitrogen and oxygen atoms in total. The third-order valence-electron chi connectivity index (χ3n) is 4.62. The predicted octanol–water partition coefficient (Wildman–Crippen LogP) is 6.02. The highest BCUT2D eigenvalue weighted by atomic mass is 16.5. The third kappa shape index (κ3) is 5.46. The minimum atomic E-state index is 0.728. The van der Waals surface area contributed by atoms with Gasteiger partial charge < -0.3 is 4.74 Å². The van der Waals surface area contributed by atoms with Crippen molar-refractivity contribution < 1.29 is 4.74 Å². The van der Waals surface area contributed by atoms with E-state index in [1.807, 2.05) is 6.92 Å². The highest BCUT2D eigenvalue weighted by molar-refractivity contribution is 5.25. The van der Waals surface area contributed by atoms with Crippen LogP contribution < -0.4 is 0 Å². The van der Waals surface area contributed by atoms with Crippen molar-refractivity contribution in [1.29, 1.82) is 0 Å². The molecular formula is C21H30O. The van der Waals surface area contributed by atoms with E-state index < -0.39 is 0 Å². The van der Waals surface area contributed by atoms with Gasteiger partial charge in [0.05, 0.1) is 13.2 Å². The molecule has 0 spiro atoms. The Morgan fingerprint density at radius 2 is 1.73 bits per heavy atom. The zero-order valence-corrected chi connectivity index (χ0v) is 14.1. The molecule has 1 aliphatic carbocycles. The van der Waals surface area contributed by atoms with Crippen LogP contribution >= 0.6 is 0 Å². The third-order valence-corrected chi connectivity index (χ3v) is 4.62. The lowest BCUT2D eigenvalue weighted by atomic mass is 9.78. The van der Waals surface area contributed by atoms with Gasteiger partial charge in [0.15, 0.2) is 0 Å². The molecule has 0 aliphatic heterocycles. The number of ether oxygens (including phenoxy) is 1. The molecule has 2 rings (SSSR count). The van der Waals surface area contributed by atoms with Crippen molar-refractivity contribution in [3.05, 3.63) is 59.7 Å². The molecule has 0 N–H and O–H groups in total. The van der Waals surface area contributed by atoms with E-state index in [0.29, 0.717) is 0 Å². The summed E-state index contributed by atoms with van der Waals surface area (Å²) < 4.78 is 5.69. The smallest absolute Gasteiger partial charge is 0.0717 e. The molecule has 0 unspecified atom stereocenters. The summed E-state index contributed by atoms with van der Waals surface area (Å²) >= 11 is 0. The van der Waals surface area contributed by atoms with Gasteiger partial charge in [0.2, 0.25) is 0 Å². The van der Waals surface area contributed by atoms with Crippen molar-refractivity contribution >= 4 is 0 Å². The van der Waals surface area contributed by atoms with Gasteiger partial charge in [0.25, 0.3) is 0 Å². The lowest BCUT2D eigenvalue weighted by Gasteiger charge is -2.27. The van der Waals surface area contributed by atoms with Crippen LogP contribution in [0.1, 0.15) is 63.0 Å². The zero-order valence-electron chi connectivity index (χ0n) is 14.1. The Hall–Kier alpha value is -1.34. The van der Waals surface area contributed by atoms with E-state index in [4.69, 9.17) is 4.74 Å². The molecule has 0 aromatic heterocycles. The Labute approximate surface area is 136 Å². The van der Waals surface area contributed by atoms with Crippen LogP contribution in [0, 0.1) is 5.92 Å². The second-order valence-electron chi connectivity index (χ2n) is 6.29. The first-order chi connectivity index (χ1) is 10.8. The van der Waals surface area contributed by atoms with Crippen LogP contribution in [0.5, 0.6) is 0 Å². The van der Waals surface area contributed by atoms with E-state index in [-0.39, 0.29) is 0 Å². The van der Waals surface area contributed by atoms with Crippen LogP contribution in [0.25, 0.3) is 0 Å². The van der Waals surface area contributed by atoms with E-state index in [1.54, 1.807) is 0 Å². The number of rotatable bonds is 7. The minimum Gasteiger partial charge on any atom is -0.376 e. The molecule has 1 saturated carbocycles. The van der Waals surface area contributed by atoms with Gasteiger partial charge >= 0.3 is 0 Å². The summed E-state index contributed by atoms with van der Waals surface area (Å²) in [5, 5.41) is 0. The Kier molecular flexibility index (Phi) is 7.45. The summed E-state index contributed by atoms with van der Waals surface area (Å²) in [6.45, 7) is 5.71. The lowest BCUT2D eigenvalue weighted by molar-refractivity contribution is 0.125. The van der Waals surface area contributed by atoms with Gasteiger partial charge in [-0.15, -0.1) is 0 Å². The van der Waals surface area contributed by atoms with Crippen molar-refractivity contribution in [3.8, 4) is 0 Å². The van der Waals surface area contributed by atoms with Gasteiger partial charge in [-0.1, -0.05) is 48.6 Å². The first-order valence-corrected chi connectivity index (χ1v) is 8.74. The van der Waals surface area contributed by atoms with Crippen molar-refractivity contribution in [3.63, 3.8) is 0 Å². The summed E-state index contributed by atoms with van der Waals surface area (Å²) in [6.07, 6.45) is 15.1. The molecular weight excluding hydrogens is 268 g/mol. The first-order valence-electron chi connectivity index (χ1n) is 8.74. The normalized spacial score (nSPS) is 22.6. The number of benzene rings is 1. The molecule has 22 heavy (non-hydrogen) atoms. The Balaban J connectivity index is 1.77. The maximum absolute atomic E-state index is 5.69. The molecule has 0 saturated heterocycles. The quantitative estimate of drug-likeness (QED) is 0.442. The van der Waals surface area contributed by atoms with Crippen LogP contribution in [0.3, 0.4) is 0 Å². The average molecular weight is 298 g/mol. The van der Waals surface area contributed by atoms with Gasteiger partial charge in [-0.25, -0.2) is 0 Å². The second kappa shape index (κ2) is 9.63. The molecule has 0 radical (unpaired) electrons. The number of hydrogen-bond donors (Lipinski definition) is 0. The Morgan fingerprint density at radius 1 is 1.00 bits per heavy atom. The largest absolute Gasteiger partial charge is 0.376 e. The Bertz CT molecular complexity index is 461. The van der Waals surface area contributed by atoms with Crippen molar-refractivity contribution in [2.24, 2.45) is 5.92 Å². The summed E-state index contributed by atoms with van der Waals surface area (Å²) in [5.74, 6) is 1.57. The Morgan fingerprint density at radius 3 is 2.36 bits per heavy atom. The van der Waals surface area contributed by atoms with Crippen molar-refractivity contribution in [1.82, 2.24) is 0 Å². The summed E-state index contributed by atoms with van der Waals surface area (Å²) in [6, 6.07) is 9.10. The molecule has 0 atom stereocenters. The van der Waals surface area contributed by atoms with Gasteiger partial charge in [-0.05, 0) is 68.9 Å². The predicted molar refractivity (Wildman–Crippen MR) is 95.0 cm³/mol. The van der Waals surface area contributed by atoms with Crippen LogP contribution in [0.4, 0.5) is 0 Å². The van der Waals surface area contributed by atoms with Gasteiger partial charge in [-0.3, -0.25) is 0 Å². The number of allylic oxidation sites excluding steroid dienone is 3. The van der Waals surface area contributed by atoms with Crippen LogP contribution in [0.2, 0.25) is 0 Å². The molecule has 120 valence electrons. The van der Waals surface area contributed by atoms with E-state index in [2.05, 4.69) is 55.5 Å². The lowest BCUT2D eigenvalue weighted by Crippen LogP contribution is -2.11. The molecule has 0 amide bonds. The molecule has 1 heteroatoms. The first kappa shape index (κ1) is 17.0. The summed E-state index contributed by atoms with van der Waals surface area (Å²) in [4.78, 5) is 0. The van der Waals surface area contributed by atoms with E-state index >= 15 is 0 Å². The molecule has 1 aromatic carbocycles. The molecule has 1 aliphatic rings. The average Bonchev–Trinajstić information content (AvgIpc) is 2.56. The summed E-state index contributed by atoms with van der Waals surface area (Å²) in [7, 11) is 0. The molecule has 1 fully saturated rings. The number of hydrogen-bond acceptors (Lipinski definition) is 1.